The van der Waals surface area contributed by atoms with E-state index in [2.05, 4.69) is 30.6 Å². The third kappa shape index (κ3) is 2.64. The van der Waals surface area contributed by atoms with Gasteiger partial charge in [0.2, 0.25) is 11.5 Å². The summed E-state index contributed by atoms with van der Waals surface area (Å²) >= 11 is 6.10. The summed E-state index contributed by atoms with van der Waals surface area (Å²) in [6, 6.07) is 3.34. The Kier molecular flexibility index (Phi) is 3.76. The average Bonchev–Trinajstić information content (AvgIpc) is 2.91. The minimum Gasteiger partial charge on any atom is -0.481 e. The van der Waals surface area contributed by atoms with Gasteiger partial charge in [0.1, 0.15) is 12.1 Å². The van der Waals surface area contributed by atoms with Crippen molar-refractivity contribution in [2.75, 3.05) is 12.4 Å². The second-order valence-electron chi connectivity index (χ2n) is 4.90. The number of anilines is 2. The van der Waals surface area contributed by atoms with Crippen LogP contribution in [0.1, 0.15) is 25.6 Å². The molecule has 8 nitrogen and oxygen atoms in total. The van der Waals surface area contributed by atoms with Gasteiger partial charge in [0, 0.05) is 18.1 Å². The first-order chi connectivity index (χ1) is 10.6. The van der Waals surface area contributed by atoms with Crippen LogP contribution < -0.4 is 10.1 Å². The van der Waals surface area contributed by atoms with Crippen molar-refractivity contribution in [1.82, 2.24) is 29.8 Å². The molecular weight excluding hydrogens is 306 g/mol. The van der Waals surface area contributed by atoms with Crippen LogP contribution >= 0.6 is 11.6 Å². The lowest BCUT2D eigenvalue weighted by Crippen LogP contribution is -2.04. The number of nitrogens with one attached hydrogen (secondary N) is 1. The molecule has 3 heterocycles. The van der Waals surface area contributed by atoms with Gasteiger partial charge in [-0.05, 0) is 0 Å². The van der Waals surface area contributed by atoms with Crippen LogP contribution in [0.25, 0.3) is 5.65 Å². The van der Waals surface area contributed by atoms with Gasteiger partial charge in [-0.2, -0.15) is 9.61 Å². The van der Waals surface area contributed by atoms with Crippen molar-refractivity contribution < 1.29 is 4.74 Å². The summed E-state index contributed by atoms with van der Waals surface area (Å²) in [6.45, 7) is 4.03. The number of aromatic nitrogens is 6. The molecule has 0 fully saturated rings. The van der Waals surface area contributed by atoms with Crippen LogP contribution in [0.4, 0.5) is 11.5 Å². The molecule has 3 rings (SSSR count). The molecule has 0 saturated heterocycles. The molecule has 0 saturated carbocycles. The van der Waals surface area contributed by atoms with E-state index in [1.807, 2.05) is 13.8 Å². The maximum absolute atomic E-state index is 6.10. The molecule has 0 aliphatic carbocycles. The van der Waals surface area contributed by atoms with Crippen molar-refractivity contribution in [2.45, 2.75) is 19.8 Å². The van der Waals surface area contributed by atoms with E-state index in [-0.39, 0.29) is 5.92 Å². The number of hydrogen-bond acceptors (Lipinski definition) is 7. The highest BCUT2D eigenvalue weighted by molar-refractivity contribution is 6.29. The second kappa shape index (κ2) is 5.72. The van der Waals surface area contributed by atoms with Gasteiger partial charge in [-0.15, -0.1) is 10.2 Å². The fourth-order valence-corrected chi connectivity index (χ4v) is 2.16. The zero-order chi connectivity index (χ0) is 15.7. The zero-order valence-corrected chi connectivity index (χ0v) is 13.0. The van der Waals surface area contributed by atoms with E-state index in [0.29, 0.717) is 28.2 Å². The van der Waals surface area contributed by atoms with Crippen LogP contribution in [0.3, 0.4) is 0 Å². The van der Waals surface area contributed by atoms with Gasteiger partial charge in [-0.3, -0.25) is 0 Å². The van der Waals surface area contributed by atoms with Crippen molar-refractivity contribution in [3.63, 3.8) is 0 Å². The van der Waals surface area contributed by atoms with Crippen molar-refractivity contribution >= 4 is 28.8 Å². The molecule has 0 unspecified atom stereocenters. The Labute approximate surface area is 131 Å². The first-order valence-electron chi connectivity index (χ1n) is 6.63. The Morgan fingerprint density at radius 2 is 2.05 bits per heavy atom. The molecule has 0 atom stereocenters. The number of rotatable bonds is 4. The molecule has 0 aromatic carbocycles. The molecular formula is C13H14ClN7O. The highest BCUT2D eigenvalue weighted by Crippen LogP contribution is 2.25. The lowest BCUT2D eigenvalue weighted by atomic mass is 10.2. The smallest absolute Gasteiger partial charge is 0.218 e. The van der Waals surface area contributed by atoms with Gasteiger partial charge >= 0.3 is 0 Å². The standard InChI is InChI=1S/C13H14ClN7O/c1-7(2)12-18-19-13-8(4-9(14)20-21(12)13)17-10-5-11(22-3)16-6-15-10/h4-7H,1-3H3,(H,15,16,17). The van der Waals surface area contributed by atoms with Crippen LogP contribution in [-0.2, 0) is 0 Å². The molecule has 22 heavy (non-hydrogen) atoms. The molecule has 0 spiro atoms. The summed E-state index contributed by atoms with van der Waals surface area (Å²) < 4.78 is 6.71. The summed E-state index contributed by atoms with van der Waals surface area (Å²) in [6.07, 6.45) is 1.41. The van der Waals surface area contributed by atoms with Gasteiger partial charge in [0.05, 0.1) is 12.8 Å². The van der Waals surface area contributed by atoms with Crippen molar-refractivity contribution in [3.05, 3.63) is 29.4 Å². The van der Waals surface area contributed by atoms with Crippen LogP contribution in [0.5, 0.6) is 5.88 Å². The predicted octanol–water partition coefficient (Wildman–Crippen LogP) is 2.44. The largest absolute Gasteiger partial charge is 0.481 e. The van der Waals surface area contributed by atoms with Gasteiger partial charge in [-0.1, -0.05) is 25.4 Å². The predicted molar refractivity (Wildman–Crippen MR) is 81.7 cm³/mol. The first kappa shape index (κ1) is 14.5. The van der Waals surface area contributed by atoms with Crippen LogP contribution in [0.15, 0.2) is 18.5 Å². The first-order valence-corrected chi connectivity index (χ1v) is 7.01. The average molecular weight is 320 g/mol. The van der Waals surface area contributed by atoms with E-state index in [1.165, 1.54) is 6.33 Å². The molecule has 0 aliphatic heterocycles. The Balaban J connectivity index is 2.06. The monoisotopic (exact) mass is 319 g/mol. The van der Waals surface area contributed by atoms with E-state index in [1.54, 1.807) is 23.8 Å². The Morgan fingerprint density at radius 1 is 1.23 bits per heavy atom. The summed E-state index contributed by atoms with van der Waals surface area (Å²) in [5.41, 5.74) is 1.23. The van der Waals surface area contributed by atoms with E-state index < -0.39 is 0 Å². The molecule has 3 aromatic rings. The molecule has 0 amide bonds. The number of halogens is 1. The van der Waals surface area contributed by atoms with Gasteiger partial charge < -0.3 is 10.1 Å². The molecule has 3 aromatic heterocycles. The third-order valence-electron chi connectivity index (χ3n) is 2.99. The highest BCUT2D eigenvalue weighted by Gasteiger charge is 2.15. The van der Waals surface area contributed by atoms with Gasteiger partial charge in [0.15, 0.2) is 11.0 Å². The van der Waals surface area contributed by atoms with E-state index in [4.69, 9.17) is 16.3 Å². The topological polar surface area (TPSA) is 90.1 Å². The van der Waals surface area contributed by atoms with E-state index >= 15 is 0 Å². The highest BCUT2D eigenvalue weighted by atomic mass is 35.5. The summed E-state index contributed by atoms with van der Waals surface area (Å²) in [4.78, 5) is 8.10. The molecule has 1 N–H and O–H groups in total. The van der Waals surface area contributed by atoms with Crippen molar-refractivity contribution in [2.24, 2.45) is 0 Å². The number of hydrogen-bond donors (Lipinski definition) is 1. The van der Waals surface area contributed by atoms with Gasteiger partial charge in [-0.25, -0.2) is 9.97 Å². The third-order valence-corrected chi connectivity index (χ3v) is 3.18. The summed E-state index contributed by atoms with van der Waals surface area (Å²) in [7, 11) is 1.54. The van der Waals surface area contributed by atoms with Crippen LogP contribution in [0, 0.1) is 0 Å². The minimum absolute atomic E-state index is 0.174. The lowest BCUT2D eigenvalue weighted by Gasteiger charge is -2.08. The second-order valence-corrected chi connectivity index (χ2v) is 5.29. The molecule has 0 bridgehead atoms. The quantitative estimate of drug-likeness (QED) is 0.789. The number of ether oxygens (including phenoxy) is 1. The minimum atomic E-state index is 0.174. The Bertz CT molecular complexity index is 817. The van der Waals surface area contributed by atoms with E-state index in [9.17, 15) is 0 Å². The molecule has 0 aliphatic rings. The summed E-state index contributed by atoms with van der Waals surface area (Å²) in [5, 5.41) is 16.1. The number of nitrogens with zero attached hydrogens (tertiary/aromatic N) is 6. The lowest BCUT2D eigenvalue weighted by molar-refractivity contribution is 0.397. The van der Waals surface area contributed by atoms with Gasteiger partial charge in [0.25, 0.3) is 0 Å². The van der Waals surface area contributed by atoms with Crippen molar-refractivity contribution in [3.8, 4) is 5.88 Å². The number of methoxy groups -OCH3 is 1. The van der Waals surface area contributed by atoms with Crippen molar-refractivity contribution in [1.29, 1.82) is 0 Å². The SMILES string of the molecule is COc1cc(Nc2cc(Cl)nn3c(C(C)C)nnc23)ncn1. The maximum atomic E-state index is 6.10. The molecule has 0 radical (unpaired) electrons. The van der Waals surface area contributed by atoms with Crippen LogP contribution in [-0.4, -0.2) is 36.9 Å². The summed E-state index contributed by atoms with van der Waals surface area (Å²) in [5.74, 6) is 1.93. The normalized spacial score (nSPS) is 11.1. The fourth-order valence-electron chi connectivity index (χ4n) is 1.98. The molecule has 114 valence electrons. The Morgan fingerprint density at radius 3 is 2.77 bits per heavy atom. The Hall–Kier alpha value is -2.48. The maximum Gasteiger partial charge on any atom is 0.218 e. The zero-order valence-electron chi connectivity index (χ0n) is 12.3. The van der Waals surface area contributed by atoms with E-state index in [0.717, 1.165) is 5.82 Å². The molecule has 9 heteroatoms. The number of fused-ring (bicyclic) bond motifs is 1. The van der Waals surface area contributed by atoms with Crippen LogP contribution in [0.2, 0.25) is 5.15 Å². The fraction of sp³-hybridized carbons (Fsp3) is 0.308.